The van der Waals surface area contributed by atoms with Crippen molar-refractivity contribution in [3.8, 4) is 0 Å². The van der Waals surface area contributed by atoms with Crippen molar-refractivity contribution in [2.75, 3.05) is 6.54 Å². The van der Waals surface area contributed by atoms with Crippen molar-refractivity contribution in [3.63, 3.8) is 0 Å². The fraction of sp³-hybridized carbons (Fsp3) is 0.643. The lowest BCUT2D eigenvalue weighted by Gasteiger charge is -2.17. The molecule has 0 N–H and O–H groups in total. The molecular weight excluding hydrogens is 246 g/mol. The van der Waals surface area contributed by atoms with Gasteiger partial charge in [0, 0.05) is 0 Å². The molecule has 2 amide bonds. The van der Waals surface area contributed by atoms with Crippen molar-refractivity contribution < 1.29 is 19.1 Å². The van der Waals surface area contributed by atoms with E-state index < -0.39 is 5.97 Å². The number of likely N-dealkylation sites (tertiary alicyclic amines) is 1. The molecule has 5 heteroatoms. The van der Waals surface area contributed by atoms with Crippen molar-refractivity contribution in [3.05, 3.63) is 12.2 Å². The molecule has 0 aromatic rings. The molecule has 3 aliphatic rings. The van der Waals surface area contributed by atoms with Crippen molar-refractivity contribution in [2.45, 2.75) is 26.4 Å². The average molecular weight is 263 g/mol. The Bertz CT molecular complexity index is 452. The topological polar surface area (TPSA) is 63.7 Å². The van der Waals surface area contributed by atoms with Crippen LogP contribution in [0, 0.1) is 23.7 Å². The number of hydrogen-bond acceptors (Lipinski definition) is 4. The molecule has 102 valence electrons. The summed E-state index contributed by atoms with van der Waals surface area (Å²) < 4.78 is 5.00. The molecule has 2 aliphatic carbocycles. The lowest BCUT2D eigenvalue weighted by atomic mass is 9.85. The molecule has 5 nitrogen and oxygen atoms in total. The second-order valence-electron chi connectivity index (χ2n) is 5.80. The van der Waals surface area contributed by atoms with Gasteiger partial charge in [0.1, 0.15) is 6.54 Å². The Morgan fingerprint density at radius 3 is 2.26 bits per heavy atom. The summed E-state index contributed by atoms with van der Waals surface area (Å²) in [7, 11) is 0. The molecule has 2 bridgehead atoms. The van der Waals surface area contributed by atoms with Crippen LogP contribution >= 0.6 is 0 Å². The molecule has 1 aliphatic heterocycles. The fourth-order valence-electron chi connectivity index (χ4n) is 3.55. The highest BCUT2D eigenvalue weighted by Gasteiger charge is 2.59. The first kappa shape index (κ1) is 12.4. The van der Waals surface area contributed by atoms with E-state index in [9.17, 15) is 14.4 Å². The number of carbonyl (C=O) groups is 3. The fourth-order valence-corrected chi connectivity index (χ4v) is 3.55. The van der Waals surface area contributed by atoms with E-state index >= 15 is 0 Å². The first-order chi connectivity index (χ1) is 8.99. The Morgan fingerprint density at radius 2 is 1.79 bits per heavy atom. The second-order valence-corrected chi connectivity index (χ2v) is 5.80. The van der Waals surface area contributed by atoms with Crippen LogP contribution < -0.4 is 0 Å². The summed E-state index contributed by atoms with van der Waals surface area (Å²) in [4.78, 5) is 37.2. The Labute approximate surface area is 111 Å². The third-order valence-electron chi connectivity index (χ3n) is 4.22. The van der Waals surface area contributed by atoms with Gasteiger partial charge in [-0.1, -0.05) is 12.2 Å². The molecule has 0 radical (unpaired) electrons. The number of carbonyl (C=O) groups excluding carboxylic acids is 3. The number of esters is 1. The molecule has 1 heterocycles. The van der Waals surface area contributed by atoms with E-state index in [1.807, 2.05) is 12.2 Å². The van der Waals surface area contributed by atoms with Gasteiger partial charge in [0.05, 0.1) is 17.9 Å². The van der Waals surface area contributed by atoms with Crippen LogP contribution in [-0.4, -0.2) is 35.3 Å². The van der Waals surface area contributed by atoms with Crippen molar-refractivity contribution in [1.29, 1.82) is 0 Å². The SMILES string of the molecule is CC(C)OC(=O)CN1C(=O)C2C3C=CC(C3)C2C1=O. The van der Waals surface area contributed by atoms with Crippen molar-refractivity contribution in [1.82, 2.24) is 4.90 Å². The van der Waals surface area contributed by atoms with Crippen LogP contribution in [0.15, 0.2) is 12.2 Å². The van der Waals surface area contributed by atoms with E-state index in [-0.39, 0.29) is 48.1 Å². The van der Waals surface area contributed by atoms with Gasteiger partial charge in [0.25, 0.3) is 0 Å². The molecule has 4 atom stereocenters. The first-order valence-electron chi connectivity index (χ1n) is 6.72. The van der Waals surface area contributed by atoms with Crippen molar-refractivity contribution >= 4 is 17.8 Å². The van der Waals surface area contributed by atoms with Crippen LogP contribution in [0.2, 0.25) is 0 Å². The maximum absolute atomic E-state index is 12.3. The molecule has 1 saturated carbocycles. The molecule has 4 unspecified atom stereocenters. The normalized spacial score (nSPS) is 35.4. The summed E-state index contributed by atoms with van der Waals surface area (Å²) in [5.74, 6) is -1.05. The average Bonchev–Trinajstić information content (AvgIpc) is 2.97. The number of allylic oxidation sites excluding steroid dienone is 2. The number of ether oxygens (including phenoxy) is 1. The zero-order chi connectivity index (χ0) is 13.7. The number of amides is 2. The van der Waals surface area contributed by atoms with Crippen LogP contribution in [-0.2, 0) is 19.1 Å². The van der Waals surface area contributed by atoms with Gasteiger partial charge < -0.3 is 4.74 Å². The molecule has 2 fully saturated rings. The minimum atomic E-state index is -0.517. The lowest BCUT2D eigenvalue weighted by Crippen LogP contribution is -2.38. The number of rotatable bonds is 3. The van der Waals surface area contributed by atoms with E-state index in [2.05, 4.69) is 0 Å². The van der Waals surface area contributed by atoms with E-state index in [4.69, 9.17) is 4.74 Å². The summed E-state index contributed by atoms with van der Waals surface area (Å²) in [6.07, 6.45) is 4.73. The maximum atomic E-state index is 12.3. The first-order valence-corrected chi connectivity index (χ1v) is 6.72. The second kappa shape index (κ2) is 4.18. The number of nitrogens with zero attached hydrogens (tertiary/aromatic N) is 1. The molecule has 0 spiro atoms. The van der Waals surface area contributed by atoms with E-state index in [0.29, 0.717) is 0 Å². The molecule has 0 aromatic carbocycles. The predicted molar refractivity (Wildman–Crippen MR) is 65.7 cm³/mol. The van der Waals surface area contributed by atoms with Gasteiger partial charge in [-0.25, -0.2) is 0 Å². The highest BCUT2D eigenvalue weighted by atomic mass is 16.5. The third kappa shape index (κ3) is 1.79. The van der Waals surface area contributed by atoms with Gasteiger partial charge in [0.2, 0.25) is 11.8 Å². The predicted octanol–water partition coefficient (Wildman–Crippen LogP) is 0.745. The largest absolute Gasteiger partial charge is 0.462 e. The highest BCUT2D eigenvalue weighted by molar-refractivity contribution is 6.08. The Balaban J connectivity index is 1.74. The lowest BCUT2D eigenvalue weighted by molar-refractivity contribution is -0.155. The highest BCUT2D eigenvalue weighted by Crippen LogP contribution is 2.52. The van der Waals surface area contributed by atoms with E-state index in [1.54, 1.807) is 13.8 Å². The van der Waals surface area contributed by atoms with Gasteiger partial charge in [-0.15, -0.1) is 0 Å². The van der Waals surface area contributed by atoms with Crippen LogP contribution in [0.1, 0.15) is 20.3 Å². The van der Waals surface area contributed by atoms with Crippen LogP contribution in [0.5, 0.6) is 0 Å². The summed E-state index contributed by atoms with van der Waals surface area (Å²) in [5, 5.41) is 0. The summed E-state index contributed by atoms with van der Waals surface area (Å²) in [6.45, 7) is 3.23. The van der Waals surface area contributed by atoms with Gasteiger partial charge in [-0.05, 0) is 32.1 Å². The van der Waals surface area contributed by atoms with Crippen LogP contribution in [0.4, 0.5) is 0 Å². The number of hydrogen-bond donors (Lipinski definition) is 0. The Morgan fingerprint density at radius 1 is 1.26 bits per heavy atom. The quantitative estimate of drug-likeness (QED) is 0.428. The van der Waals surface area contributed by atoms with E-state index in [0.717, 1.165) is 11.3 Å². The molecule has 19 heavy (non-hydrogen) atoms. The zero-order valence-electron chi connectivity index (χ0n) is 11.0. The summed E-state index contributed by atoms with van der Waals surface area (Å²) in [6, 6.07) is 0. The monoisotopic (exact) mass is 263 g/mol. The number of fused-ring (bicyclic) bond motifs is 5. The van der Waals surface area contributed by atoms with Gasteiger partial charge >= 0.3 is 5.97 Å². The molecular formula is C14H17NO4. The molecule has 1 saturated heterocycles. The molecule has 3 rings (SSSR count). The Kier molecular flexibility index (Phi) is 2.73. The van der Waals surface area contributed by atoms with Gasteiger partial charge in [0.15, 0.2) is 0 Å². The van der Waals surface area contributed by atoms with Crippen LogP contribution in [0.3, 0.4) is 0 Å². The summed E-state index contributed by atoms with van der Waals surface area (Å²) >= 11 is 0. The summed E-state index contributed by atoms with van der Waals surface area (Å²) in [5.41, 5.74) is 0. The zero-order valence-corrected chi connectivity index (χ0v) is 11.0. The molecule has 0 aromatic heterocycles. The van der Waals surface area contributed by atoms with Crippen molar-refractivity contribution in [2.24, 2.45) is 23.7 Å². The minimum Gasteiger partial charge on any atom is -0.462 e. The standard InChI is InChI=1S/C14H17NO4/c1-7(2)19-10(16)6-15-13(17)11-8-3-4-9(5-8)12(11)14(15)18/h3-4,7-9,11-12H,5-6H2,1-2H3. The smallest absolute Gasteiger partial charge is 0.326 e. The third-order valence-corrected chi connectivity index (χ3v) is 4.22. The maximum Gasteiger partial charge on any atom is 0.326 e. The minimum absolute atomic E-state index is 0.178. The van der Waals surface area contributed by atoms with Gasteiger partial charge in [-0.2, -0.15) is 0 Å². The Hall–Kier alpha value is -1.65. The van der Waals surface area contributed by atoms with Gasteiger partial charge in [-0.3, -0.25) is 19.3 Å². The number of imide groups is 1. The van der Waals surface area contributed by atoms with Crippen LogP contribution in [0.25, 0.3) is 0 Å². The van der Waals surface area contributed by atoms with E-state index in [1.165, 1.54) is 0 Å².